The summed E-state index contributed by atoms with van der Waals surface area (Å²) in [6.07, 6.45) is 13.4. The third-order valence-corrected chi connectivity index (χ3v) is 18.6. The second kappa shape index (κ2) is 16.4. The van der Waals surface area contributed by atoms with Crippen LogP contribution in [0.15, 0.2) is 23.3 Å². The van der Waals surface area contributed by atoms with Gasteiger partial charge in [-0.05, 0) is 82.5 Å². The molecular formula is C43H68N4O7S2+2. The summed E-state index contributed by atoms with van der Waals surface area (Å²) in [5, 5.41) is 14.5. The quantitative estimate of drug-likeness (QED) is 0.130. The summed E-state index contributed by atoms with van der Waals surface area (Å²) in [4.78, 5) is 44.1. The number of piperidine rings is 1. The van der Waals surface area contributed by atoms with Gasteiger partial charge in [0.1, 0.15) is 23.5 Å². The first-order valence-corrected chi connectivity index (χ1v) is 24.4. The Hall–Kier alpha value is -1.61. The number of hydrogen-bond donors (Lipinski definition) is 4. The molecule has 0 aromatic carbocycles. The van der Waals surface area contributed by atoms with E-state index in [9.17, 15) is 19.5 Å². The summed E-state index contributed by atoms with van der Waals surface area (Å²) < 4.78 is 20.8. The molecule has 5 heterocycles. The molecule has 312 valence electrons. The molecule has 0 bridgehead atoms. The Balaban J connectivity index is 1.15. The lowest BCUT2D eigenvalue weighted by Crippen LogP contribution is -2.96. The van der Waals surface area contributed by atoms with Crippen LogP contribution in [-0.2, 0) is 28.6 Å². The molecule has 0 aromatic heterocycles. The van der Waals surface area contributed by atoms with Crippen LogP contribution in [0.2, 0.25) is 0 Å². The van der Waals surface area contributed by atoms with Gasteiger partial charge >= 0.3 is 11.9 Å². The minimum absolute atomic E-state index is 0.0706. The van der Waals surface area contributed by atoms with E-state index in [1.165, 1.54) is 5.57 Å². The maximum absolute atomic E-state index is 14.3. The first kappa shape index (κ1) is 41.1. The number of esters is 2. The summed E-state index contributed by atoms with van der Waals surface area (Å²) >= 11 is 0. The fourth-order valence-corrected chi connectivity index (χ4v) is 15.6. The van der Waals surface area contributed by atoms with Crippen molar-refractivity contribution in [3.05, 3.63) is 23.3 Å². The van der Waals surface area contributed by atoms with Crippen LogP contribution >= 0.6 is 21.6 Å². The highest BCUT2D eigenvalue weighted by atomic mass is 33.1. The number of nitrogens with two attached hydrogens (primary N) is 3. The third-order valence-electron chi connectivity index (χ3n) is 16.2. The summed E-state index contributed by atoms with van der Waals surface area (Å²) in [6, 6.07) is 0.273. The lowest BCUT2D eigenvalue weighted by Gasteiger charge is -2.56. The Kier molecular flexibility index (Phi) is 12.1. The Labute approximate surface area is 341 Å². The van der Waals surface area contributed by atoms with Crippen LogP contribution in [-0.4, -0.2) is 108 Å². The first-order valence-electron chi connectivity index (χ1n) is 21.9. The number of quaternary nitrogens is 2. The van der Waals surface area contributed by atoms with Crippen molar-refractivity contribution < 1.29 is 44.3 Å². The van der Waals surface area contributed by atoms with Crippen LogP contribution < -0.4 is 16.4 Å². The van der Waals surface area contributed by atoms with Crippen molar-refractivity contribution in [1.29, 1.82) is 0 Å². The molecule has 13 heteroatoms. The van der Waals surface area contributed by atoms with Crippen LogP contribution in [0.1, 0.15) is 97.8 Å². The van der Waals surface area contributed by atoms with E-state index in [0.717, 1.165) is 82.5 Å². The smallest absolute Gasteiger partial charge is 0.334 e. The molecule has 7 fully saturated rings. The van der Waals surface area contributed by atoms with Crippen LogP contribution in [0.5, 0.6) is 0 Å². The van der Waals surface area contributed by atoms with Crippen LogP contribution in [0.3, 0.4) is 0 Å². The van der Waals surface area contributed by atoms with Gasteiger partial charge in [0.2, 0.25) is 5.91 Å². The van der Waals surface area contributed by atoms with Gasteiger partial charge in [0.25, 0.3) is 0 Å². The van der Waals surface area contributed by atoms with Crippen molar-refractivity contribution in [3.8, 4) is 0 Å². The van der Waals surface area contributed by atoms with E-state index in [1.807, 2.05) is 41.5 Å². The second-order valence-corrected chi connectivity index (χ2v) is 21.7. The van der Waals surface area contributed by atoms with Crippen LogP contribution in [0.4, 0.5) is 0 Å². The molecule has 2 saturated carbocycles. The molecule has 8 unspecified atom stereocenters. The summed E-state index contributed by atoms with van der Waals surface area (Å²) in [5.41, 5.74) is 6.80. The molecule has 8 aliphatic rings. The maximum Gasteiger partial charge on any atom is 0.334 e. The average molecular weight is 817 g/mol. The number of carbonyl (C=O) groups is 3. The molecule has 1 spiro atoms. The molecule has 0 aromatic rings. The Morgan fingerprint density at radius 2 is 1.95 bits per heavy atom. The van der Waals surface area contributed by atoms with Gasteiger partial charge in [0.05, 0.1) is 38.2 Å². The number of aliphatic hydroxyl groups excluding tert-OH is 1. The lowest BCUT2D eigenvalue weighted by molar-refractivity contribution is -0.706. The zero-order valence-electron chi connectivity index (χ0n) is 34.1. The number of nitrogens with zero attached hydrogens (tertiary/aromatic N) is 1. The van der Waals surface area contributed by atoms with Crippen molar-refractivity contribution in [2.75, 3.05) is 44.8 Å². The molecule has 5 aliphatic heterocycles. The average Bonchev–Trinajstić information content (AvgIpc) is 3.79. The Morgan fingerprint density at radius 3 is 2.70 bits per heavy atom. The van der Waals surface area contributed by atoms with Gasteiger partial charge in [-0.25, -0.2) is 4.79 Å². The maximum atomic E-state index is 14.3. The number of rotatable bonds is 7. The molecule has 5 saturated heterocycles. The Bertz CT molecular complexity index is 1570. The normalized spacial score (nSPS) is 43.8. The van der Waals surface area contributed by atoms with E-state index in [4.69, 9.17) is 19.9 Å². The zero-order valence-corrected chi connectivity index (χ0v) is 35.8. The fourth-order valence-electron chi connectivity index (χ4n) is 13.1. The van der Waals surface area contributed by atoms with E-state index < -0.39 is 11.2 Å². The fraction of sp³-hybridized carbons (Fsp3) is 0.837. The van der Waals surface area contributed by atoms with E-state index in [1.54, 1.807) is 0 Å². The summed E-state index contributed by atoms with van der Waals surface area (Å²) in [6.45, 7) is 8.54. The first-order chi connectivity index (χ1) is 26.9. The molecule has 7 N–H and O–H groups in total. The number of fused-ring (bicyclic) bond motifs is 7. The van der Waals surface area contributed by atoms with Gasteiger partial charge in [-0.1, -0.05) is 52.2 Å². The van der Waals surface area contributed by atoms with Crippen molar-refractivity contribution in [1.82, 2.24) is 4.90 Å². The third kappa shape index (κ3) is 7.22. The van der Waals surface area contributed by atoms with Gasteiger partial charge < -0.3 is 34.9 Å². The van der Waals surface area contributed by atoms with Gasteiger partial charge in [0, 0.05) is 73.7 Å². The van der Waals surface area contributed by atoms with E-state index >= 15 is 0 Å². The molecule has 3 aliphatic carbocycles. The van der Waals surface area contributed by atoms with Crippen LogP contribution in [0.25, 0.3) is 0 Å². The van der Waals surface area contributed by atoms with E-state index in [0.29, 0.717) is 37.2 Å². The molecular weight excluding hydrogens is 749 g/mol. The van der Waals surface area contributed by atoms with Gasteiger partial charge in [-0.3, -0.25) is 15.3 Å². The molecule has 1 amide bonds. The predicted molar refractivity (Wildman–Crippen MR) is 217 cm³/mol. The van der Waals surface area contributed by atoms with Crippen LogP contribution in [0, 0.1) is 46.8 Å². The number of ether oxygens (including phenoxy) is 3. The largest absolute Gasteiger partial charge is 0.462 e. The SMILES string of the molecule is CC=C(C)C(=O)O[C@@]1(C)CC=C2CSSC[C@H]3[C@@H](C[NH2+]C)CN3C(=O)CC3C[NH2+]C(N)CC3[C@H]2[C@@]12CC1CC3CC(C4(CCO)CCCC4)C(=O)OC3CC1O2. The predicted octanol–water partition coefficient (Wildman–Crippen LogP) is 2.92. The molecule has 0 radical (unpaired) electrons. The highest BCUT2D eigenvalue weighted by molar-refractivity contribution is 8.76. The number of allylic oxidation sites excluding steroid dienone is 1. The monoisotopic (exact) mass is 816 g/mol. The van der Waals surface area contributed by atoms with E-state index in [2.05, 4.69) is 35.6 Å². The Morgan fingerprint density at radius 1 is 1.14 bits per heavy atom. The van der Waals surface area contributed by atoms with Crippen molar-refractivity contribution >= 4 is 39.4 Å². The van der Waals surface area contributed by atoms with Gasteiger partial charge in [-0.15, -0.1) is 0 Å². The number of aliphatic hydroxyl groups is 1. The second-order valence-electron chi connectivity index (χ2n) is 19.2. The highest BCUT2D eigenvalue weighted by Crippen LogP contribution is 2.63. The molecule has 11 nitrogen and oxygen atoms in total. The molecule has 56 heavy (non-hydrogen) atoms. The molecule has 13 atom stereocenters. The topological polar surface area (TPSA) is 162 Å². The van der Waals surface area contributed by atoms with Gasteiger partial charge in [-0.2, -0.15) is 0 Å². The minimum Gasteiger partial charge on any atom is -0.462 e. The number of amides is 1. The highest BCUT2D eigenvalue weighted by Gasteiger charge is 2.68. The number of hydrogen-bond acceptors (Lipinski definition) is 10. The van der Waals surface area contributed by atoms with E-state index in [-0.39, 0.29) is 89.8 Å². The summed E-state index contributed by atoms with van der Waals surface area (Å²) in [5.74, 6) is 2.49. The van der Waals surface area contributed by atoms with Gasteiger partial charge in [0.15, 0.2) is 0 Å². The number of carbonyl (C=O) groups excluding carboxylic acids is 3. The lowest BCUT2D eigenvalue weighted by atomic mass is 9.56. The standard InChI is InChI=1S/C43H66N4O7S2/c1-5-25(2)39(50)54-41(3)11-8-26-23-55-56-24-33-30(20-45-4)22-47(33)37(49)16-29-21-46-36(44)17-31(29)38(26)43(41)19-28-14-27-15-32(42(12-13-48)9-6-7-10-42)40(51)52-34(27)18-35(28)53-43/h5,8,27-36,38,45-46,48H,6-7,9-24,44H2,1-4H3/p+2/t27?,28?,29?,30-,31?,32?,33-,34?,35?,36?,38-,41-,43-/m0/s1. The minimum atomic E-state index is -0.958. The van der Waals surface area contributed by atoms with Crippen molar-refractivity contribution in [2.24, 2.45) is 52.6 Å². The molecule has 8 rings (SSSR count). The summed E-state index contributed by atoms with van der Waals surface area (Å²) in [7, 11) is 5.89. The van der Waals surface area contributed by atoms with Crippen molar-refractivity contribution in [3.63, 3.8) is 0 Å². The van der Waals surface area contributed by atoms with Crippen molar-refractivity contribution in [2.45, 2.75) is 133 Å². The zero-order chi connectivity index (χ0) is 39.4.